The third-order valence-corrected chi connectivity index (χ3v) is 6.91. The van der Waals surface area contributed by atoms with E-state index < -0.39 is 0 Å². The number of anilines is 1. The van der Waals surface area contributed by atoms with Crippen LogP contribution in [0.2, 0.25) is 0 Å². The molecule has 6 nitrogen and oxygen atoms in total. The molecule has 2 unspecified atom stereocenters. The van der Waals surface area contributed by atoms with Crippen LogP contribution in [0, 0.1) is 6.92 Å². The van der Waals surface area contributed by atoms with Gasteiger partial charge in [-0.2, -0.15) is 0 Å². The van der Waals surface area contributed by atoms with E-state index >= 15 is 0 Å². The van der Waals surface area contributed by atoms with Crippen LogP contribution in [-0.4, -0.2) is 41.9 Å². The maximum absolute atomic E-state index is 13.0. The lowest BCUT2D eigenvalue weighted by molar-refractivity contribution is 0.0920. The van der Waals surface area contributed by atoms with Crippen LogP contribution in [-0.2, 0) is 6.54 Å². The van der Waals surface area contributed by atoms with Gasteiger partial charge in [0.2, 0.25) is 0 Å². The second kappa shape index (κ2) is 10.9. The molecule has 1 aliphatic carbocycles. The summed E-state index contributed by atoms with van der Waals surface area (Å²) in [6.45, 7) is 4.89. The van der Waals surface area contributed by atoms with Gasteiger partial charge in [-0.25, -0.2) is 0 Å². The summed E-state index contributed by atoms with van der Waals surface area (Å²) >= 11 is 0. The molecule has 2 amide bonds. The van der Waals surface area contributed by atoms with Crippen LogP contribution in [0.15, 0.2) is 42.5 Å². The number of piperidine rings is 1. The van der Waals surface area contributed by atoms with Crippen molar-refractivity contribution in [1.29, 1.82) is 0 Å². The summed E-state index contributed by atoms with van der Waals surface area (Å²) in [6.07, 6.45) is 7.74. The fraction of sp³-hybridized carbons (Fsp3) is 0.481. The van der Waals surface area contributed by atoms with Crippen molar-refractivity contribution >= 4 is 17.5 Å². The van der Waals surface area contributed by atoms with Crippen LogP contribution in [0.5, 0.6) is 0 Å². The molecule has 2 atom stereocenters. The highest BCUT2D eigenvalue weighted by Crippen LogP contribution is 2.24. The molecule has 2 aliphatic rings. The van der Waals surface area contributed by atoms with Gasteiger partial charge in [-0.15, -0.1) is 0 Å². The maximum Gasteiger partial charge on any atom is 0.255 e. The van der Waals surface area contributed by atoms with Gasteiger partial charge >= 0.3 is 0 Å². The number of nitrogens with one attached hydrogen (secondary N) is 2. The van der Waals surface area contributed by atoms with Crippen molar-refractivity contribution in [2.45, 2.75) is 70.5 Å². The molecular formula is C27H36N4O2. The number of aryl methyl sites for hydroxylation is 1. The van der Waals surface area contributed by atoms with Gasteiger partial charge in [0.05, 0.1) is 0 Å². The number of hydrogen-bond acceptors (Lipinski definition) is 4. The van der Waals surface area contributed by atoms with Crippen molar-refractivity contribution in [2.24, 2.45) is 5.73 Å². The Morgan fingerprint density at radius 1 is 0.909 bits per heavy atom. The third kappa shape index (κ3) is 6.21. The van der Waals surface area contributed by atoms with E-state index in [2.05, 4.69) is 15.5 Å². The van der Waals surface area contributed by atoms with Gasteiger partial charge in [-0.3, -0.25) is 14.5 Å². The highest BCUT2D eigenvalue weighted by Gasteiger charge is 2.24. The zero-order valence-corrected chi connectivity index (χ0v) is 19.6. The Bertz CT molecular complexity index is 967. The fourth-order valence-electron chi connectivity index (χ4n) is 4.82. The van der Waals surface area contributed by atoms with E-state index in [1.807, 2.05) is 49.4 Å². The molecule has 0 radical (unpaired) electrons. The van der Waals surface area contributed by atoms with Crippen molar-refractivity contribution in [2.75, 3.05) is 18.4 Å². The Morgan fingerprint density at radius 3 is 2.33 bits per heavy atom. The number of amides is 2. The van der Waals surface area contributed by atoms with Crippen molar-refractivity contribution in [1.82, 2.24) is 10.2 Å². The highest BCUT2D eigenvalue weighted by molar-refractivity contribution is 6.05. The number of rotatable bonds is 6. The van der Waals surface area contributed by atoms with E-state index in [1.165, 1.54) is 19.3 Å². The molecule has 2 aromatic carbocycles. The number of hydrogen-bond donors (Lipinski definition) is 3. The summed E-state index contributed by atoms with van der Waals surface area (Å²) in [6, 6.07) is 13.2. The highest BCUT2D eigenvalue weighted by atomic mass is 16.2. The zero-order valence-electron chi connectivity index (χ0n) is 19.6. The number of benzene rings is 2. The number of nitrogens with zero attached hydrogens (tertiary/aromatic N) is 1. The Labute approximate surface area is 196 Å². The Morgan fingerprint density at radius 2 is 1.61 bits per heavy atom. The average molecular weight is 449 g/mol. The second-order valence-corrected chi connectivity index (χ2v) is 9.56. The largest absolute Gasteiger partial charge is 0.348 e. The summed E-state index contributed by atoms with van der Waals surface area (Å²) in [5.41, 5.74) is 10.2. The minimum absolute atomic E-state index is 0.00165. The van der Waals surface area contributed by atoms with Crippen LogP contribution >= 0.6 is 0 Å². The molecule has 1 aliphatic heterocycles. The van der Waals surface area contributed by atoms with E-state index in [-0.39, 0.29) is 23.9 Å². The zero-order chi connectivity index (χ0) is 23.2. The summed E-state index contributed by atoms with van der Waals surface area (Å²) in [7, 11) is 0. The van der Waals surface area contributed by atoms with E-state index in [1.54, 1.807) is 0 Å². The molecule has 2 aromatic rings. The lowest BCUT2D eigenvalue weighted by Crippen LogP contribution is -2.49. The molecule has 1 heterocycles. The first-order chi connectivity index (χ1) is 16.0. The minimum atomic E-state index is -0.165. The van der Waals surface area contributed by atoms with Gasteiger partial charge in [0.1, 0.15) is 0 Å². The minimum Gasteiger partial charge on any atom is -0.348 e. The lowest BCUT2D eigenvalue weighted by Gasteiger charge is -2.29. The first kappa shape index (κ1) is 23.5. The molecule has 176 valence electrons. The van der Waals surface area contributed by atoms with Crippen LogP contribution in [0.1, 0.15) is 76.8 Å². The molecular weight excluding hydrogens is 412 g/mol. The summed E-state index contributed by atoms with van der Waals surface area (Å²) in [5, 5.41) is 6.19. The standard InChI is InChI=1S/C27H36N4O2/c1-19-9-11-20(12-10-19)26(32)30-25-17-21(27(33)29-24-8-4-3-7-23(24)28)13-14-22(25)18-31-15-5-2-6-16-31/h9-14,17,23-24H,2-8,15-16,18,28H2,1H3,(H,29,33)(H,30,32). The molecule has 1 saturated heterocycles. The van der Waals surface area contributed by atoms with Crippen molar-refractivity contribution in [3.63, 3.8) is 0 Å². The van der Waals surface area contributed by atoms with E-state index in [9.17, 15) is 9.59 Å². The Balaban J connectivity index is 1.54. The SMILES string of the molecule is Cc1ccc(C(=O)Nc2cc(C(=O)NC3CCCCC3N)ccc2CN2CCCCC2)cc1. The van der Waals surface area contributed by atoms with Crippen LogP contribution in [0.3, 0.4) is 0 Å². The fourth-order valence-corrected chi connectivity index (χ4v) is 4.82. The smallest absolute Gasteiger partial charge is 0.255 e. The van der Waals surface area contributed by atoms with Crippen LogP contribution in [0.25, 0.3) is 0 Å². The Kier molecular flexibility index (Phi) is 7.78. The maximum atomic E-state index is 13.0. The van der Waals surface area contributed by atoms with Gasteiger partial charge < -0.3 is 16.4 Å². The monoisotopic (exact) mass is 448 g/mol. The predicted octanol–water partition coefficient (Wildman–Crippen LogP) is 4.23. The molecule has 1 saturated carbocycles. The molecule has 4 N–H and O–H groups in total. The third-order valence-electron chi connectivity index (χ3n) is 6.91. The first-order valence-electron chi connectivity index (χ1n) is 12.3. The van der Waals surface area contributed by atoms with Crippen LogP contribution in [0.4, 0.5) is 5.69 Å². The van der Waals surface area contributed by atoms with E-state index in [0.717, 1.165) is 56.4 Å². The van der Waals surface area contributed by atoms with E-state index in [0.29, 0.717) is 16.8 Å². The van der Waals surface area contributed by atoms with Gasteiger partial charge in [0.25, 0.3) is 11.8 Å². The molecule has 0 aromatic heterocycles. The normalized spacial score (nSPS) is 21.4. The quantitative estimate of drug-likeness (QED) is 0.617. The number of carbonyl (C=O) groups is 2. The average Bonchev–Trinajstić information content (AvgIpc) is 2.82. The molecule has 4 rings (SSSR count). The predicted molar refractivity (Wildman–Crippen MR) is 132 cm³/mol. The second-order valence-electron chi connectivity index (χ2n) is 9.56. The number of likely N-dealkylation sites (tertiary alicyclic amines) is 1. The number of nitrogens with two attached hydrogens (primary N) is 1. The Hall–Kier alpha value is -2.70. The molecule has 0 spiro atoms. The first-order valence-corrected chi connectivity index (χ1v) is 12.3. The van der Waals surface area contributed by atoms with Crippen molar-refractivity contribution in [3.8, 4) is 0 Å². The van der Waals surface area contributed by atoms with Gasteiger partial charge in [-0.1, -0.05) is 43.0 Å². The topological polar surface area (TPSA) is 87.5 Å². The molecule has 2 fully saturated rings. The van der Waals surface area contributed by atoms with Gasteiger partial charge in [0.15, 0.2) is 0 Å². The molecule has 0 bridgehead atoms. The molecule has 33 heavy (non-hydrogen) atoms. The number of carbonyl (C=O) groups excluding carboxylic acids is 2. The molecule has 6 heteroatoms. The summed E-state index contributed by atoms with van der Waals surface area (Å²) < 4.78 is 0. The summed E-state index contributed by atoms with van der Waals surface area (Å²) in [4.78, 5) is 28.4. The summed E-state index contributed by atoms with van der Waals surface area (Å²) in [5.74, 6) is -0.297. The van der Waals surface area contributed by atoms with Crippen LogP contribution < -0.4 is 16.4 Å². The van der Waals surface area contributed by atoms with Gasteiger partial charge in [0, 0.05) is 35.4 Å². The van der Waals surface area contributed by atoms with Crippen molar-refractivity contribution in [3.05, 3.63) is 64.7 Å². The van der Waals surface area contributed by atoms with Crippen molar-refractivity contribution < 1.29 is 9.59 Å². The van der Waals surface area contributed by atoms with E-state index in [4.69, 9.17) is 5.73 Å². The van der Waals surface area contributed by atoms with Gasteiger partial charge in [-0.05, 0) is 75.5 Å². The lowest BCUT2D eigenvalue weighted by atomic mass is 9.91.